The van der Waals surface area contributed by atoms with Gasteiger partial charge in [-0.2, -0.15) is 0 Å². The van der Waals surface area contributed by atoms with Crippen molar-refractivity contribution in [2.45, 2.75) is 18.2 Å². The summed E-state index contributed by atoms with van der Waals surface area (Å²) in [4.78, 5) is 4.72. The van der Waals surface area contributed by atoms with E-state index in [1.807, 2.05) is 31.2 Å². The number of nitrogens with zero attached hydrogens (tertiary/aromatic N) is 2. The first-order chi connectivity index (χ1) is 14.0. The largest absolute Gasteiger partial charge is 0.493 e. The molecule has 0 unspecified atom stereocenters. The lowest BCUT2D eigenvalue weighted by Gasteiger charge is -2.21. The number of ether oxygens (including phenoxy) is 1. The molecule has 3 aromatic carbocycles. The first-order valence-corrected chi connectivity index (χ1v) is 11.7. The summed E-state index contributed by atoms with van der Waals surface area (Å²) >= 11 is 3.40. The summed E-state index contributed by atoms with van der Waals surface area (Å²) in [6.45, 7) is 3.14. The number of benzene rings is 3. The van der Waals surface area contributed by atoms with E-state index in [2.05, 4.69) is 39.1 Å². The van der Waals surface area contributed by atoms with Gasteiger partial charge in [-0.25, -0.2) is 8.42 Å². The molecule has 7 heteroatoms. The molecule has 0 saturated heterocycles. The van der Waals surface area contributed by atoms with Crippen molar-refractivity contribution in [3.8, 4) is 5.75 Å². The summed E-state index contributed by atoms with van der Waals surface area (Å²) in [7, 11) is -3.72. The summed E-state index contributed by atoms with van der Waals surface area (Å²) in [6.07, 6.45) is 0.468. The average molecular weight is 473 g/mol. The third-order valence-electron chi connectivity index (χ3n) is 4.90. The van der Waals surface area contributed by atoms with Crippen LogP contribution in [0.5, 0.6) is 5.75 Å². The van der Waals surface area contributed by atoms with Crippen molar-refractivity contribution in [2.75, 3.05) is 19.7 Å². The highest BCUT2D eigenvalue weighted by Crippen LogP contribution is 2.30. The zero-order valence-corrected chi connectivity index (χ0v) is 18.4. The van der Waals surface area contributed by atoms with E-state index in [0.29, 0.717) is 37.7 Å². The Kier molecular flexibility index (Phi) is 5.61. The van der Waals surface area contributed by atoms with Crippen molar-refractivity contribution in [1.82, 2.24) is 4.31 Å². The molecule has 150 valence electrons. The first kappa shape index (κ1) is 19.9. The molecule has 0 fully saturated rings. The number of amidine groups is 1. The van der Waals surface area contributed by atoms with Crippen LogP contribution in [0.4, 0.5) is 0 Å². The quantitative estimate of drug-likeness (QED) is 0.524. The van der Waals surface area contributed by atoms with Crippen LogP contribution in [0.3, 0.4) is 0 Å². The Hall–Kier alpha value is -2.38. The Morgan fingerprint density at radius 3 is 2.72 bits per heavy atom. The molecule has 1 aliphatic rings. The second kappa shape index (κ2) is 8.16. The standard InChI is InChI=1S/C22H21BrN2O3S/c1-2-28-21-15-18(10-11-20(21)23)29(26,27)25-13-12-24-22(25)14-17-8-5-7-16-6-3-4-9-19(16)17/h3-11,15H,2,12-14H2,1H3. The summed E-state index contributed by atoms with van der Waals surface area (Å²) in [6, 6.07) is 19.1. The van der Waals surface area contributed by atoms with Gasteiger partial charge in [-0.15, -0.1) is 0 Å². The van der Waals surface area contributed by atoms with E-state index in [1.54, 1.807) is 18.2 Å². The van der Waals surface area contributed by atoms with Gasteiger partial charge in [0.25, 0.3) is 10.0 Å². The number of hydrogen-bond acceptors (Lipinski definition) is 4. The number of fused-ring (bicyclic) bond motifs is 1. The van der Waals surface area contributed by atoms with Crippen LogP contribution in [0.15, 0.2) is 75.0 Å². The molecule has 4 rings (SSSR count). The molecule has 0 amide bonds. The SMILES string of the molecule is CCOc1cc(S(=O)(=O)N2CCN=C2Cc2cccc3ccccc23)ccc1Br. The van der Waals surface area contributed by atoms with E-state index >= 15 is 0 Å². The highest BCUT2D eigenvalue weighted by molar-refractivity contribution is 9.10. The summed E-state index contributed by atoms with van der Waals surface area (Å²) in [5, 5.41) is 2.25. The van der Waals surface area contributed by atoms with Crippen molar-refractivity contribution >= 4 is 42.6 Å². The number of rotatable bonds is 6. The summed E-state index contributed by atoms with van der Waals surface area (Å²) < 4.78 is 34.4. The molecule has 29 heavy (non-hydrogen) atoms. The van der Waals surface area contributed by atoms with E-state index in [9.17, 15) is 8.42 Å². The van der Waals surface area contributed by atoms with Gasteiger partial charge in [-0.3, -0.25) is 9.30 Å². The van der Waals surface area contributed by atoms with Gasteiger partial charge in [0.05, 0.1) is 29.1 Å². The molecular weight excluding hydrogens is 452 g/mol. The van der Waals surface area contributed by atoms with E-state index in [-0.39, 0.29) is 4.90 Å². The lowest BCUT2D eigenvalue weighted by atomic mass is 10.0. The van der Waals surface area contributed by atoms with E-state index < -0.39 is 10.0 Å². The van der Waals surface area contributed by atoms with Gasteiger partial charge in [0.1, 0.15) is 11.6 Å². The summed E-state index contributed by atoms with van der Waals surface area (Å²) in [5.41, 5.74) is 1.06. The highest BCUT2D eigenvalue weighted by Gasteiger charge is 2.31. The van der Waals surface area contributed by atoms with Crippen molar-refractivity contribution in [3.05, 3.63) is 70.7 Å². The van der Waals surface area contributed by atoms with Crippen LogP contribution in [-0.2, 0) is 16.4 Å². The fourth-order valence-electron chi connectivity index (χ4n) is 3.54. The van der Waals surface area contributed by atoms with E-state index in [0.717, 1.165) is 20.8 Å². The molecule has 0 bridgehead atoms. The van der Waals surface area contributed by atoms with Crippen LogP contribution in [0.1, 0.15) is 12.5 Å². The minimum Gasteiger partial charge on any atom is -0.493 e. The molecule has 5 nitrogen and oxygen atoms in total. The minimum atomic E-state index is -3.72. The maximum atomic E-state index is 13.3. The van der Waals surface area contributed by atoms with Gasteiger partial charge in [-0.1, -0.05) is 42.5 Å². The second-order valence-electron chi connectivity index (χ2n) is 6.72. The molecule has 0 spiro atoms. The Morgan fingerprint density at radius 2 is 1.90 bits per heavy atom. The lowest BCUT2D eigenvalue weighted by molar-refractivity contribution is 0.337. The van der Waals surface area contributed by atoms with Crippen LogP contribution < -0.4 is 4.74 Å². The average Bonchev–Trinajstić information content (AvgIpc) is 3.19. The van der Waals surface area contributed by atoms with Crippen LogP contribution in [0, 0.1) is 0 Å². The molecule has 0 N–H and O–H groups in total. The molecule has 3 aromatic rings. The lowest BCUT2D eigenvalue weighted by Crippen LogP contribution is -2.35. The number of sulfonamides is 1. The topological polar surface area (TPSA) is 59.0 Å². The molecule has 0 radical (unpaired) electrons. The maximum absolute atomic E-state index is 13.3. The zero-order valence-electron chi connectivity index (χ0n) is 16.0. The predicted octanol–water partition coefficient (Wildman–Crippen LogP) is 4.65. The van der Waals surface area contributed by atoms with Crippen molar-refractivity contribution in [3.63, 3.8) is 0 Å². The third kappa shape index (κ3) is 3.89. The molecule has 1 aliphatic heterocycles. The number of aliphatic imine (C=N–C) groups is 1. The molecular formula is C22H21BrN2O3S. The van der Waals surface area contributed by atoms with Crippen LogP contribution in [0.2, 0.25) is 0 Å². The zero-order chi connectivity index (χ0) is 20.4. The van der Waals surface area contributed by atoms with Gasteiger partial charge in [0, 0.05) is 12.5 Å². The highest BCUT2D eigenvalue weighted by atomic mass is 79.9. The fourth-order valence-corrected chi connectivity index (χ4v) is 5.37. The maximum Gasteiger partial charge on any atom is 0.265 e. The molecule has 0 atom stereocenters. The molecule has 1 heterocycles. The Bertz CT molecular complexity index is 1190. The second-order valence-corrected chi connectivity index (χ2v) is 9.43. The predicted molar refractivity (Wildman–Crippen MR) is 119 cm³/mol. The normalized spacial score (nSPS) is 14.3. The van der Waals surface area contributed by atoms with Crippen molar-refractivity contribution < 1.29 is 13.2 Å². The number of halogens is 1. The minimum absolute atomic E-state index is 0.205. The molecule has 0 aliphatic carbocycles. The van der Waals surface area contributed by atoms with Crippen LogP contribution >= 0.6 is 15.9 Å². The van der Waals surface area contributed by atoms with E-state index in [4.69, 9.17) is 4.74 Å². The van der Waals surface area contributed by atoms with Gasteiger partial charge < -0.3 is 4.74 Å². The van der Waals surface area contributed by atoms with Gasteiger partial charge in [-0.05, 0) is 51.3 Å². The smallest absolute Gasteiger partial charge is 0.265 e. The Labute approximate surface area is 179 Å². The summed E-state index contributed by atoms with van der Waals surface area (Å²) in [5.74, 6) is 1.09. The van der Waals surface area contributed by atoms with Gasteiger partial charge >= 0.3 is 0 Å². The van der Waals surface area contributed by atoms with Crippen molar-refractivity contribution in [2.24, 2.45) is 4.99 Å². The fraction of sp³-hybridized carbons (Fsp3) is 0.227. The van der Waals surface area contributed by atoms with Crippen molar-refractivity contribution in [1.29, 1.82) is 0 Å². The first-order valence-electron chi connectivity index (χ1n) is 9.46. The van der Waals surface area contributed by atoms with E-state index in [1.165, 1.54) is 4.31 Å². The Morgan fingerprint density at radius 1 is 1.10 bits per heavy atom. The molecule has 0 saturated carbocycles. The van der Waals surface area contributed by atoms with Crippen LogP contribution in [0.25, 0.3) is 10.8 Å². The third-order valence-corrected chi connectivity index (χ3v) is 7.38. The van der Waals surface area contributed by atoms with Gasteiger partial charge in [0.15, 0.2) is 0 Å². The van der Waals surface area contributed by atoms with Gasteiger partial charge in [0.2, 0.25) is 0 Å². The monoisotopic (exact) mass is 472 g/mol. The molecule has 0 aromatic heterocycles. The van der Waals surface area contributed by atoms with Crippen LogP contribution in [-0.4, -0.2) is 38.3 Å². The Balaban J connectivity index is 1.66. The number of hydrogen-bond donors (Lipinski definition) is 0.